The van der Waals surface area contributed by atoms with E-state index >= 15 is 0 Å². The fraction of sp³-hybridized carbons (Fsp3) is 0.0625. The third-order valence-corrected chi connectivity index (χ3v) is 3.21. The SMILES string of the molecule is Cc1cn(N=Cc2cc(-c3ccc(F)nc3)ccc2F)c(N)n1. The average molecular weight is 313 g/mol. The molecule has 0 bridgehead atoms. The van der Waals surface area contributed by atoms with Crippen LogP contribution in [-0.2, 0) is 0 Å². The van der Waals surface area contributed by atoms with Gasteiger partial charge in [0.05, 0.1) is 18.1 Å². The molecule has 0 aliphatic carbocycles. The minimum absolute atomic E-state index is 0.220. The van der Waals surface area contributed by atoms with Gasteiger partial charge in [0.25, 0.3) is 0 Å². The van der Waals surface area contributed by atoms with Crippen molar-refractivity contribution in [1.82, 2.24) is 14.6 Å². The van der Waals surface area contributed by atoms with Crippen LogP contribution in [0.5, 0.6) is 0 Å². The fourth-order valence-corrected chi connectivity index (χ4v) is 2.09. The minimum Gasteiger partial charge on any atom is -0.368 e. The van der Waals surface area contributed by atoms with Gasteiger partial charge in [0.1, 0.15) is 5.82 Å². The molecule has 5 nitrogen and oxygen atoms in total. The summed E-state index contributed by atoms with van der Waals surface area (Å²) in [7, 11) is 0. The van der Waals surface area contributed by atoms with Crippen LogP contribution in [0.25, 0.3) is 11.1 Å². The molecular formula is C16H13F2N5. The number of nitrogens with two attached hydrogens (primary N) is 1. The van der Waals surface area contributed by atoms with E-state index < -0.39 is 11.8 Å². The van der Waals surface area contributed by atoms with E-state index in [-0.39, 0.29) is 11.5 Å². The molecule has 116 valence electrons. The molecule has 3 rings (SSSR count). The first-order valence-corrected chi connectivity index (χ1v) is 6.80. The Hall–Kier alpha value is -3.09. The van der Waals surface area contributed by atoms with E-state index in [0.29, 0.717) is 16.8 Å². The monoisotopic (exact) mass is 313 g/mol. The van der Waals surface area contributed by atoms with Crippen molar-refractivity contribution in [2.24, 2.45) is 5.10 Å². The van der Waals surface area contributed by atoms with Crippen LogP contribution in [0.1, 0.15) is 11.3 Å². The first-order valence-electron chi connectivity index (χ1n) is 6.80. The van der Waals surface area contributed by atoms with Crippen molar-refractivity contribution in [2.75, 3.05) is 5.73 Å². The summed E-state index contributed by atoms with van der Waals surface area (Å²) in [5.41, 5.74) is 8.05. The van der Waals surface area contributed by atoms with Crippen LogP contribution >= 0.6 is 0 Å². The maximum atomic E-state index is 13.9. The lowest BCUT2D eigenvalue weighted by atomic mass is 10.0. The van der Waals surface area contributed by atoms with Gasteiger partial charge in [0.15, 0.2) is 0 Å². The molecule has 2 N–H and O–H groups in total. The van der Waals surface area contributed by atoms with Crippen LogP contribution in [0.3, 0.4) is 0 Å². The third kappa shape index (κ3) is 3.23. The summed E-state index contributed by atoms with van der Waals surface area (Å²) in [6.45, 7) is 1.78. The molecule has 0 fully saturated rings. The summed E-state index contributed by atoms with van der Waals surface area (Å²) in [5.74, 6) is -0.773. The fourth-order valence-electron chi connectivity index (χ4n) is 2.09. The Kier molecular flexibility index (Phi) is 3.84. The van der Waals surface area contributed by atoms with E-state index in [2.05, 4.69) is 15.1 Å². The molecule has 7 heteroatoms. The average Bonchev–Trinajstić information content (AvgIpc) is 2.85. The number of nitrogen functional groups attached to an aromatic ring is 1. The van der Waals surface area contributed by atoms with E-state index in [1.54, 1.807) is 31.3 Å². The predicted octanol–water partition coefficient (Wildman–Crippen LogP) is 3.00. The number of aromatic nitrogens is 3. The Labute approximate surface area is 131 Å². The van der Waals surface area contributed by atoms with Crippen LogP contribution in [0.4, 0.5) is 14.7 Å². The van der Waals surface area contributed by atoms with Crippen molar-refractivity contribution in [1.29, 1.82) is 0 Å². The van der Waals surface area contributed by atoms with Gasteiger partial charge in [-0.05, 0) is 36.8 Å². The van der Waals surface area contributed by atoms with Crippen LogP contribution in [0.15, 0.2) is 47.8 Å². The molecule has 23 heavy (non-hydrogen) atoms. The van der Waals surface area contributed by atoms with E-state index in [1.807, 2.05) is 0 Å². The lowest BCUT2D eigenvalue weighted by Crippen LogP contribution is -1.98. The number of rotatable bonds is 3. The topological polar surface area (TPSA) is 69.1 Å². The predicted molar refractivity (Wildman–Crippen MR) is 84.0 cm³/mol. The number of benzene rings is 1. The van der Waals surface area contributed by atoms with Gasteiger partial charge < -0.3 is 5.73 Å². The second kappa shape index (κ2) is 5.96. The zero-order valence-electron chi connectivity index (χ0n) is 12.2. The third-order valence-electron chi connectivity index (χ3n) is 3.21. The highest BCUT2D eigenvalue weighted by Gasteiger charge is 2.05. The van der Waals surface area contributed by atoms with Gasteiger partial charge in [-0.2, -0.15) is 9.49 Å². The van der Waals surface area contributed by atoms with E-state index in [9.17, 15) is 8.78 Å². The summed E-state index contributed by atoms with van der Waals surface area (Å²) in [6.07, 6.45) is 4.38. The number of anilines is 1. The molecule has 0 atom stereocenters. The molecule has 0 radical (unpaired) electrons. The van der Waals surface area contributed by atoms with Crippen molar-refractivity contribution in [2.45, 2.75) is 6.92 Å². The molecule has 2 heterocycles. The zero-order valence-corrected chi connectivity index (χ0v) is 12.2. The summed E-state index contributed by atoms with van der Waals surface area (Å²) in [5, 5.41) is 4.10. The number of halogens is 2. The smallest absolute Gasteiger partial charge is 0.221 e. The number of imidazole rings is 1. The van der Waals surface area contributed by atoms with Gasteiger partial charge in [-0.3, -0.25) is 0 Å². The largest absolute Gasteiger partial charge is 0.368 e. The van der Waals surface area contributed by atoms with Gasteiger partial charge in [-0.15, -0.1) is 0 Å². The number of hydrogen-bond acceptors (Lipinski definition) is 4. The number of aryl methyl sites for hydroxylation is 1. The highest BCUT2D eigenvalue weighted by molar-refractivity contribution is 5.82. The van der Waals surface area contributed by atoms with E-state index in [0.717, 1.165) is 0 Å². The van der Waals surface area contributed by atoms with Gasteiger partial charge in [-0.25, -0.2) is 19.0 Å². The van der Waals surface area contributed by atoms with Gasteiger partial charge >= 0.3 is 0 Å². The van der Waals surface area contributed by atoms with Crippen LogP contribution in [-0.4, -0.2) is 20.9 Å². The van der Waals surface area contributed by atoms with Gasteiger partial charge in [-0.1, -0.05) is 6.07 Å². The first kappa shape index (κ1) is 14.8. The molecule has 0 aliphatic rings. The zero-order chi connectivity index (χ0) is 16.4. The molecule has 0 saturated heterocycles. The summed E-state index contributed by atoms with van der Waals surface area (Å²) < 4.78 is 28.2. The highest BCUT2D eigenvalue weighted by atomic mass is 19.1. The van der Waals surface area contributed by atoms with Crippen molar-refractivity contribution in [3.63, 3.8) is 0 Å². The Morgan fingerprint density at radius 3 is 2.61 bits per heavy atom. The molecule has 2 aromatic heterocycles. The Morgan fingerprint density at radius 1 is 1.17 bits per heavy atom. The van der Waals surface area contributed by atoms with Crippen molar-refractivity contribution in [3.8, 4) is 11.1 Å². The second-order valence-electron chi connectivity index (χ2n) is 4.94. The van der Waals surface area contributed by atoms with Crippen molar-refractivity contribution < 1.29 is 8.78 Å². The normalized spacial score (nSPS) is 11.3. The molecule has 0 saturated carbocycles. The number of nitrogens with zero attached hydrogens (tertiary/aromatic N) is 4. The van der Waals surface area contributed by atoms with E-state index in [4.69, 9.17) is 5.73 Å². The summed E-state index contributed by atoms with van der Waals surface area (Å²) in [6, 6.07) is 7.35. The Morgan fingerprint density at radius 2 is 1.96 bits per heavy atom. The van der Waals surface area contributed by atoms with E-state index in [1.165, 1.54) is 29.2 Å². The standard InChI is InChI=1S/C16H13F2N5/c1-10-9-23(16(19)22-10)21-8-13-6-11(2-4-14(13)17)12-3-5-15(18)20-7-12/h2-9H,1H3,(H2,19,22). The van der Waals surface area contributed by atoms with Crippen molar-refractivity contribution in [3.05, 3.63) is 65.7 Å². The maximum Gasteiger partial charge on any atom is 0.221 e. The molecule has 0 spiro atoms. The van der Waals surface area contributed by atoms with Crippen LogP contribution in [0, 0.1) is 18.7 Å². The van der Waals surface area contributed by atoms with Crippen molar-refractivity contribution >= 4 is 12.2 Å². The number of pyridine rings is 1. The summed E-state index contributed by atoms with van der Waals surface area (Å²) >= 11 is 0. The highest BCUT2D eigenvalue weighted by Crippen LogP contribution is 2.21. The van der Waals surface area contributed by atoms with Gasteiger partial charge in [0.2, 0.25) is 11.9 Å². The molecule has 0 unspecified atom stereocenters. The first-order chi connectivity index (χ1) is 11.0. The van der Waals surface area contributed by atoms with Gasteiger partial charge in [0, 0.05) is 17.3 Å². The Bertz CT molecular complexity index is 869. The molecular weight excluding hydrogens is 300 g/mol. The molecule has 0 amide bonds. The van der Waals surface area contributed by atoms with Crippen LogP contribution in [0.2, 0.25) is 0 Å². The lowest BCUT2D eigenvalue weighted by Gasteiger charge is -2.04. The Balaban J connectivity index is 1.94. The lowest BCUT2D eigenvalue weighted by molar-refractivity contribution is 0.584. The molecule has 3 aromatic rings. The number of hydrogen-bond donors (Lipinski definition) is 1. The molecule has 0 aliphatic heterocycles. The quantitative estimate of drug-likeness (QED) is 0.597. The molecule has 1 aromatic carbocycles. The maximum absolute atomic E-state index is 13.9. The second-order valence-corrected chi connectivity index (χ2v) is 4.94. The van der Waals surface area contributed by atoms with Crippen LogP contribution < -0.4 is 5.73 Å². The minimum atomic E-state index is -0.566. The summed E-state index contributed by atoms with van der Waals surface area (Å²) in [4.78, 5) is 7.60.